The minimum absolute atomic E-state index is 0.276. The van der Waals surface area contributed by atoms with Crippen LogP contribution in [0.4, 0.5) is 4.79 Å². The van der Waals surface area contributed by atoms with Crippen LogP contribution in [-0.2, 0) is 4.74 Å². The molecule has 0 aromatic heterocycles. The van der Waals surface area contributed by atoms with Crippen molar-refractivity contribution in [1.82, 2.24) is 4.90 Å². The lowest BCUT2D eigenvalue weighted by Crippen LogP contribution is -2.29. The van der Waals surface area contributed by atoms with Crippen molar-refractivity contribution >= 4 is 6.09 Å². The maximum Gasteiger partial charge on any atom is 0.409 e. The molecule has 10 heavy (non-hydrogen) atoms. The minimum atomic E-state index is -0.315. The molecule has 0 saturated carbocycles. The predicted octanol–water partition coefficient (Wildman–Crippen LogP) is 1.30. The van der Waals surface area contributed by atoms with Gasteiger partial charge in [-0.25, -0.2) is 4.79 Å². The fourth-order valence-corrected chi connectivity index (χ4v) is 0.391. The van der Waals surface area contributed by atoms with Crippen molar-refractivity contribution in [3.63, 3.8) is 0 Å². The minimum Gasteiger partial charge on any atom is -0.446 e. The highest BCUT2D eigenvalue weighted by Crippen LogP contribution is 1.93. The predicted molar refractivity (Wildman–Crippen MR) is 39.6 cm³/mol. The van der Waals surface area contributed by atoms with E-state index in [4.69, 9.17) is 4.74 Å². The fraction of sp³-hybridized carbons (Fsp3) is 0.714. The summed E-state index contributed by atoms with van der Waals surface area (Å²) in [5.74, 6) is 0. The van der Waals surface area contributed by atoms with E-state index in [2.05, 4.69) is 6.92 Å². The Morgan fingerprint density at radius 2 is 2.30 bits per heavy atom. The Kier molecular flexibility index (Phi) is 3.84. The van der Waals surface area contributed by atoms with Gasteiger partial charge in [0.15, 0.2) is 0 Å². The fourth-order valence-electron chi connectivity index (χ4n) is 0.391. The first kappa shape index (κ1) is 9.27. The Bertz CT molecular complexity index is 112. The zero-order valence-corrected chi connectivity index (χ0v) is 6.76. The Morgan fingerprint density at radius 3 is 2.60 bits per heavy atom. The van der Waals surface area contributed by atoms with Gasteiger partial charge in [-0.05, 0) is 20.8 Å². The largest absolute Gasteiger partial charge is 0.446 e. The summed E-state index contributed by atoms with van der Waals surface area (Å²) in [6.45, 7) is 7.79. The molecule has 1 atom stereocenters. The average molecular weight is 144 g/mol. The molecule has 0 bridgehead atoms. The third kappa shape index (κ3) is 3.33. The zero-order valence-electron chi connectivity index (χ0n) is 6.76. The van der Waals surface area contributed by atoms with Crippen LogP contribution in [-0.4, -0.2) is 30.7 Å². The standard InChI is InChI=1S/C7H14NO2/c1-5-8(4)7(9)10-6(2)3/h6H,2,5H2,1,3-4H3. The van der Waals surface area contributed by atoms with Crippen molar-refractivity contribution in [2.45, 2.75) is 20.0 Å². The molecule has 0 heterocycles. The highest BCUT2D eigenvalue weighted by Gasteiger charge is 2.08. The summed E-state index contributed by atoms with van der Waals surface area (Å²) < 4.78 is 4.78. The third-order valence-electron chi connectivity index (χ3n) is 1.09. The number of carbonyl (C=O) groups excluding carboxylic acids is 1. The Hall–Kier alpha value is -0.730. The summed E-state index contributed by atoms with van der Waals surface area (Å²) >= 11 is 0. The van der Waals surface area contributed by atoms with Gasteiger partial charge in [-0.15, -0.1) is 0 Å². The van der Waals surface area contributed by atoms with Crippen LogP contribution in [0.1, 0.15) is 13.8 Å². The second-order valence-electron chi connectivity index (χ2n) is 2.21. The van der Waals surface area contributed by atoms with Gasteiger partial charge in [-0.1, -0.05) is 0 Å². The first-order valence-electron chi connectivity index (χ1n) is 3.32. The van der Waals surface area contributed by atoms with Crippen LogP contribution in [0.5, 0.6) is 0 Å². The van der Waals surface area contributed by atoms with E-state index in [1.54, 1.807) is 14.0 Å². The van der Waals surface area contributed by atoms with Gasteiger partial charge in [0.2, 0.25) is 0 Å². The molecule has 3 nitrogen and oxygen atoms in total. The number of hydrogen-bond acceptors (Lipinski definition) is 2. The van der Waals surface area contributed by atoms with Crippen LogP contribution in [0, 0.1) is 6.92 Å². The first-order chi connectivity index (χ1) is 4.57. The number of rotatable bonds is 2. The lowest BCUT2D eigenvalue weighted by molar-refractivity contribution is 0.0945. The van der Waals surface area contributed by atoms with Crippen LogP contribution >= 0.6 is 0 Å². The molecule has 1 amide bonds. The van der Waals surface area contributed by atoms with Gasteiger partial charge in [-0.3, -0.25) is 0 Å². The van der Waals surface area contributed by atoms with Gasteiger partial charge in [0.05, 0.1) is 0 Å². The Balaban J connectivity index is 3.62. The normalized spacial score (nSPS) is 9.70. The van der Waals surface area contributed by atoms with Crippen LogP contribution in [0.15, 0.2) is 0 Å². The molecule has 1 unspecified atom stereocenters. The van der Waals surface area contributed by atoms with E-state index in [0.29, 0.717) is 6.54 Å². The van der Waals surface area contributed by atoms with Crippen molar-refractivity contribution in [1.29, 1.82) is 0 Å². The molecule has 0 saturated heterocycles. The third-order valence-corrected chi connectivity index (χ3v) is 1.09. The Labute approximate surface area is 62.0 Å². The summed E-state index contributed by atoms with van der Waals surface area (Å²) in [7, 11) is 1.69. The number of ether oxygens (including phenoxy) is 1. The lowest BCUT2D eigenvalue weighted by Gasteiger charge is -2.15. The molecule has 59 valence electrons. The molecular formula is C7H14NO2. The maximum absolute atomic E-state index is 10.8. The highest BCUT2D eigenvalue weighted by molar-refractivity contribution is 5.67. The van der Waals surface area contributed by atoms with Crippen molar-refractivity contribution in [3.8, 4) is 0 Å². The Morgan fingerprint density at radius 1 is 1.80 bits per heavy atom. The van der Waals surface area contributed by atoms with Gasteiger partial charge in [-0.2, -0.15) is 0 Å². The molecule has 0 aromatic carbocycles. The van der Waals surface area contributed by atoms with E-state index in [1.165, 1.54) is 4.90 Å². The molecular weight excluding hydrogens is 130 g/mol. The number of amides is 1. The topological polar surface area (TPSA) is 29.5 Å². The smallest absolute Gasteiger partial charge is 0.409 e. The molecule has 0 aliphatic rings. The molecule has 0 N–H and O–H groups in total. The van der Waals surface area contributed by atoms with Crippen LogP contribution < -0.4 is 0 Å². The molecule has 0 aliphatic carbocycles. The monoisotopic (exact) mass is 144 g/mol. The molecule has 0 aliphatic heterocycles. The SMILES string of the molecule is [CH2]C(C)OC(=O)N(C)CC. The highest BCUT2D eigenvalue weighted by atomic mass is 16.6. The molecule has 1 radical (unpaired) electrons. The zero-order chi connectivity index (χ0) is 8.15. The second kappa shape index (κ2) is 4.14. The van der Waals surface area contributed by atoms with Crippen molar-refractivity contribution in [3.05, 3.63) is 6.92 Å². The van der Waals surface area contributed by atoms with Gasteiger partial charge in [0, 0.05) is 13.6 Å². The molecule has 0 rings (SSSR count). The van der Waals surface area contributed by atoms with Crippen molar-refractivity contribution in [2.24, 2.45) is 0 Å². The van der Waals surface area contributed by atoms with E-state index < -0.39 is 0 Å². The van der Waals surface area contributed by atoms with Gasteiger partial charge >= 0.3 is 6.09 Å². The van der Waals surface area contributed by atoms with Gasteiger partial charge in [0.1, 0.15) is 6.10 Å². The number of carbonyl (C=O) groups is 1. The van der Waals surface area contributed by atoms with E-state index in [0.717, 1.165) is 0 Å². The summed E-state index contributed by atoms with van der Waals surface area (Å²) in [6, 6.07) is 0. The molecule has 0 fully saturated rings. The number of hydrogen-bond donors (Lipinski definition) is 0. The van der Waals surface area contributed by atoms with E-state index >= 15 is 0 Å². The first-order valence-corrected chi connectivity index (χ1v) is 3.32. The van der Waals surface area contributed by atoms with Crippen LogP contribution in [0.3, 0.4) is 0 Å². The van der Waals surface area contributed by atoms with Crippen molar-refractivity contribution < 1.29 is 9.53 Å². The molecule has 0 aromatic rings. The van der Waals surface area contributed by atoms with E-state index in [-0.39, 0.29) is 12.2 Å². The van der Waals surface area contributed by atoms with Crippen LogP contribution in [0.2, 0.25) is 0 Å². The van der Waals surface area contributed by atoms with E-state index in [1.807, 2.05) is 6.92 Å². The maximum atomic E-state index is 10.8. The second-order valence-corrected chi connectivity index (χ2v) is 2.21. The summed E-state index contributed by atoms with van der Waals surface area (Å²) in [4.78, 5) is 12.3. The number of nitrogens with zero attached hydrogens (tertiary/aromatic N) is 1. The average Bonchev–Trinajstić information content (AvgIpc) is 1.85. The summed E-state index contributed by atoms with van der Waals surface area (Å²) in [5, 5.41) is 0. The quantitative estimate of drug-likeness (QED) is 0.584. The lowest BCUT2D eigenvalue weighted by atomic mass is 10.5. The summed E-state index contributed by atoms with van der Waals surface area (Å²) in [5.41, 5.74) is 0. The van der Waals surface area contributed by atoms with Crippen molar-refractivity contribution in [2.75, 3.05) is 13.6 Å². The van der Waals surface area contributed by atoms with Gasteiger partial charge < -0.3 is 9.64 Å². The van der Waals surface area contributed by atoms with Gasteiger partial charge in [0.25, 0.3) is 0 Å². The molecule has 0 spiro atoms. The summed E-state index contributed by atoms with van der Waals surface area (Å²) in [6.07, 6.45) is -0.591. The van der Waals surface area contributed by atoms with Crippen LogP contribution in [0.25, 0.3) is 0 Å². The van der Waals surface area contributed by atoms with E-state index in [9.17, 15) is 4.79 Å². The molecule has 3 heteroatoms.